The lowest BCUT2D eigenvalue weighted by atomic mass is 9.97. The molecule has 0 N–H and O–H groups in total. The van der Waals surface area contributed by atoms with Gasteiger partial charge in [0.2, 0.25) is 0 Å². The van der Waals surface area contributed by atoms with Crippen LogP contribution in [0, 0.1) is 0 Å². The minimum atomic E-state index is -0.832. The van der Waals surface area contributed by atoms with E-state index in [9.17, 15) is 4.79 Å². The Kier molecular flexibility index (Phi) is 15.2. The molecule has 1 saturated heterocycles. The average Bonchev–Trinajstić information content (AvgIpc) is 3.22. The molecule has 1 heterocycles. The van der Waals surface area contributed by atoms with E-state index in [4.69, 9.17) is 33.2 Å². The van der Waals surface area contributed by atoms with E-state index >= 15 is 0 Å². The van der Waals surface area contributed by atoms with Gasteiger partial charge in [0.05, 0.1) is 39.6 Å². The van der Waals surface area contributed by atoms with Crippen molar-refractivity contribution in [3.05, 3.63) is 179 Å². The molecule has 0 saturated carbocycles. The molecular formula is C45H48O8. The van der Waals surface area contributed by atoms with Crippen molar-refractivity contribution in [2.24, 2.45) is 0 Å². The van der Waals surface area contributed by atoms with Crippen LogP contribution in [0.4, 0.5) is 0 Å². The van der Waals surface area contributed by atoms with Gasteiger partial charge in [0.25, 0.3) is 0 Å². The maximum Gasteiger partial charge on any atom is 0.306 e. The van der Waals surface area contributed by atoms with Crippen molar-refractivity contribution in [3.63, 3.8) is 0 Å². The second-order valence-corrected chi connectivity index (χ2v) is 12.9. The van der Waals surface area contributed by atoms with E-state index in [1.54, 1.807) is 0 Å². The molecular weight excluding hydrogens is 668 g/mol. The minimum absolute atomic E-state index is 0.204. The van der Waals surface area contributed by atoms with Gasteiger partial charge in [-0.1, -0.05) is 152 Å². The van der Waals surface area contributed by atoms with Gasteiger partial charge in [-0.3, -0.25) is 4.79 Å². The summed E-state index contributed by atoms with van der Waals surface area (Å²) in [4.78, 5) is 12.6. The summed E-state index contributed by atoms with van der Waals surface area (Å²) in [6.07, 6.45) is -2.57. The summed E-state index contributed by atoms with van der Waals surface area (Å²) in [6.45, 7) is 2.11. The highest BCUT2D eigenvalue weighted by Crippen LogP contribution is 2.32. The van der Waals surface area contributed by atoms with Gasteiger partial charge in [0, 0.05) is 6.42 Å². The number of esters is 1. The maximum atomic E-state index is 12.6. The number of carbonyl (C=O) groups excluding carboxylic acids is 1. The number of carbonyl (C=O) groups is 1. The van der Waals surface area contributed by atoms with Crippen LogP contribution in [0.1, 0.15) is 40.7 Å². The summed E-state index contributed by atoms with van der Waals surface area (Å²) in [6, 6.07) is 49.7. The third-order valence-electron chi connectivity index (χ3n) is 8.89. The highest BCUT2D eigenvalue weighted by molar-refractivity contribution is 5.69. The van der Waals surface area contributed by atoms with Crippen molar-refractivity contribution in [2.75, 3.05) is 13.2 Å². The van der Waals surface area contributed by atoms with Gasteiger partial charge < -0.3 is 33.2 Å². The summed E-state index contributed by atoms with van der Waals surface area (Å²) in [7, 11) is 0. The molecule has 8 nitrogen and oxygen atoms in total. The second-order valence-electron chi connectivity index (χ2n) is 12.9. The second kappa shape index (κ2) is 21.1. The SMILES string of the molecule is O=C(CCCO[C@@H]1O[C@H](COCc2ccccc2)[C@@H](OCc2ccccc2)[C@H](OCc2ccccc2)[C@@H]1OCc1ccccc1)OCc1ccccc1. The van der Waals surface area contributed by atoms with Crippen LogP contribution in [-0.4, -0.2) is 49.9 Å². The van der Waals surface area contributed by atoms with Crippen LogP contribution in [0.3, 0.4) is 0 Å². The molecule has 0 amide bonds. The summed E-state index contributed by atoms with van der Waals surface area (Å²) in [5.74, 6) is -0.287. The molecule has 0 aromatic heterocycles. The number of hydrogen-bond acceptors (Lipinski definition) is 8. The Labute approximate surface area is 312 Å². The molecule has 8 heteroatoms. The minimum Gasteiger partial charge on any atom is -0.461 e. The molecule has 1 aliphatic heterocycles. The number of benzene rings is 5. The van der Waals surface area contributed by atoms with Crippen LogP contribution in [-0.2, 0) is 71.0 Å². The Morgan fingerprint density at radius 1 is 0.472 bits per heavy atom. The lowest BCUT2D eigenvalue weighted by Crippen LogP contribution is -2.61. The Hall–Kier alpha value is -4.67. The number of ether oxygens (including phenoxy) is 7. The molecule has 5 aromatic rings. The van der Waals surface area contributed by atoms with Crippen molar-refractivity contribution < 1.29 is 38.0 Å². The van der Waals surface area contributed by atoms with Crippen LogP contribution in [0.25, 0.3) is 0 Å². The van der Waals surface area contributed by atoms with Crippen LogP contribution >= 0.6 is 0 Å². The Balaban J connectivity index is 1.21. The van der Waals surface area contributed by atoms with Crippen molar-refractivity contribution in [1.29, 1.82) is 0 Å². The summed E-state index contributed by atoms with van der Waals surface area (Å²) in [5.41, 5.74) is 5.04. The van der Waals surface area contributed by atoms with E-state index in [-0.39, 0.29) is 32.2 Å². The fourth-order valence-corrected chi connectivity index (χ4v) is 6.11. The van der Waals surface area contributed by atoms with E-state index in [1.807, 2.05) is 152 Å². The molecule has 1 aliphatic rings. The first-order valence-corrected chi connectivity index (χ1v) is 18.3. The molecule has 53 heavy (non-hydrogen) atoms. The van der Waals surface area contributed by atoms with Gasteiger partial charge in [0.15, 0.2) is 6.29 Å². The molecule has 5 aromatic carbocycles. The Morgan fingerprint density at radius 2 is 0.887 bits per heavy atom. The van der Waals surface area contributed by atoms with Gasteiger partial charge in [-0.05, 0) is 34.2 Å². The zero-order valence-electron chi connectivity index (χ0n) is 30.0. The van der Waals surface area contributed by atoms with Gasteiger partial charge in [-0.25, -0.2) is 0 Å². The van der Waals surface area contributed by atoms with E-state index < -0.39 is 30.7 Å². The highest BCUT2D eigenvalue weighted by Gasteiger charge is 2.49. The topological polar surface area (TPSA) is 81.7 Å². The average molecular weight is 717 g/mol. The first kappa shape index (κ1) is 38.1. The van der Waals surface area contributed by atoms with E-state index in [1.165, 1.54) is 0 Å². The molecule has 1 fully saturated rings. The van der Waals surface area contributed by atoms with Crippen LogP contribution < -0.4 is 0 Å². The molecule has 0 spiro atoms. The van der Waals surface area contributed by atoms with Crippen molar-refractivity contribution in [3.8, 4) is 0 Å². The van der Waals surface area contributed by atoms with Crippen molar-refractivity contribution >= 4 is 5.97 Å². The van der Waals surface area contributed by atoms with E-state index in [0.29, 0.717) is 32.8 Å². The molecule has 0 unspecified atom stereocenters. The van der Waals surface area contributed by atoms with Crippen LogP contribution in [0.15, 0.2) is 152 Å². The van der Waals surface area contributed by atoms with E-state index in [2.05, 4.69) is 0 Å². The van der Waals surface area contributed by atoms with Gasteiger partial charge >= 0.3 is 5.97 Å². The summed E-state index contributed by atoms with van der Waals surface area (Å²) in [5, 5.41) is 0. The first-order valence-electron chi connectivity index (χ1n) is 18.3. The monoisotopic (exact) mass is 716 g/mol. The predicted molar refractivity (Wildman–Crippen MR) is 201 cm³/mol. The molecule has 0 radical (unpaired) electrons. The largest absolute Gasteiger partial charge is 0.461 e. The molecule has 0 bridgehead atoms. The van der Waals surface area contributed by atoms with Gasteiger partial charge in [-0.15, -0.1) is 0 Å². The summed E-state index contributed by atoms with van der Waals surface area (Å²) < 4.78 is 45.1. The van der Waals surface area contributed by atoms with Gasteiger partial charge in [0.1, 0.15) is 31.0 Å². The van der Waals surface area contributed by atoms with E-state index in [0.717, 1.165) is 27.8 Å². The zero-order chi connectivity index (χ0) is 36.3. The van der Waals surface area contributed by atoms with Gasteiger partial charge in [-0.2, -0.15) is 0 Å². The molecule has 5 atom stereocenters. The van der Waals surface area contributed by atoms with Crippen LogP contribution in [0.2, 0.25) is 0 Å². The fourth-order valence-electron chi connectivity index (χ4n) is 6.11. The van der Waals surface area contributed by atoms with Crippen LogP contribution in [0.5, 0.6) is 0 Å². The lowest BCUT2D eigenvalue weighted by molar-refractivity contribution is -0.328. The Morgan fingerprint density at radius 3 is 1.38 bits per heavy atom. The molecule has 6 rings (SSSR count). The smallest absolute Gasteiger partial charge is 0.306 e. The number of rotatable bonds is 20. The lowest BCUT2D eigenvalue weighted by Gasteiger charge is -2.46. The normalized spacial score (nSPS) is 19.8. The highest BCUT2D eigenvalue weighted by atomic mass is 16.7. The molecule has 0 aliphatic carbocycles. The van der Waals surface area contributed by atoms with Crippen molar-refractivity contribution in [1.82, 2.24) is 0 Å². The third-order valence-corrected chi connectivity index (χ3v) is 8.89. The third kappa shape index (κ3) is 12.5. The standard InChI is InChI=1S/C45H48O8/c46-41(49-30-36-19-8-2-9-20-36)27-16-28-48-45-44(52-33-39-25-14-5-15-26-39)43(51-32-38-23-12-4-13-24-38)42(50-31-37-21-10-3-11-22-37)40(53-45)34-47-29-35-17-6-1-7-18-35/h1-15,17-26,40,42-45H,16,27-34H2/t40-,42-,43+,44+,45-/m1/s1. The summed E-state index contributed by atoms with van der Waals surface area (Å²) >= 11 is 0. The zero-order valence-corrected chi connectivity index (χ0v) is 30.0. The Bertz CT molecular complexity index is 1720. The maximum absolute atomic E-state index is 12.6. The first-order chi connectivity index (χ1) is 26.2. The number of hydrogen-bond donors (Lipinski definition) is 0. The molecule has 276 valence electrons. The van der Waals surface area contributed by atoms with Crippen molar-refractivity contribution in [2.45, 2.75) is 76.6 Å². The fraction of sp³-hybridized carbons (Fsp3) is 0.311. The predicted octanol–water partition coefficient (Wildman–Crippen LogP) is 8.22. The quantitative estimate of drug-likeness (QED) is 0.0589.